The standard InChI is InChI=1S/C13H15N3O2.ClH.H2O/c14-10-8-9-2-1-3-11(12(9)18-13(10)17)16-6-4-15-5-7-16;;/h1-3,8,15H,4-7,14H2;1H;1H2. The fraction of sp³-hybridized carbons (Fsp3) is 0.308. The normalized spacial score (nSPS) is 14.5. The Morgan fingerprint density at radius 3 is 2.65 bits per heavy atom. The minimum absolute atomic E-state index is 0. The van der Waals surface area contributed by atoms with Gasteiger partial charge in [0.15, 0.2) is 5.58 Å². The zero-order valence-electron chi connectivity index (χ0n) is 10.9. The van der Waals surface area contributed by atoms with Gasteiger partial charge in [0, 0.05) is 31.6 Å². The van der Waals surface area contributed by atoms with E-state index in [1.807, 2.05) is 18.2 Å². The number of nitrogens with two attached hydrogens (primary N) is 1. The molecule has 0 unspecified atom stereocenters. The van der Waals surface area contributed by atoms with Crippen LogP contribution in [0.25, 0.3) is 11.0 Å². The van der Waals surface area contributed by atoms with Gasteiger partial charge in [-0.25, -0.2) is 4.79 Å². The molecule has 1 aromatic heterocycles. The third-order valence-electron chi connectivity index (χ3n) is 3.22. The summed E-state index contributed by atoms with van der Waals surface area (Å²) in [5.41, 5.74) is 6.86. The molecule has 5 N–H and O–H groups in total. The predicted molar refractivity (Wildman–Crippen MR) is 82.8 cm³/mol. The molecule has 1 saturated heterocycles. The molecule has 6 nitrogen and oxygen atoms in total. The summed E-state index contributed by atoms with van der Waals surface area (Å²) in [5.74, 6) is 0. The van der Waals surface area contributed by atoms with Gasteiger partial charge < -0.3 is 25.8 Å². The van der Waals surface area contributed by atoms with Gasteiger partial charge in [0.1, 0.15) is 5.69 Å². The minimum atomic E-state index is -0.468. The Morgan fingerprint density at radius 1 is 1.25 bits per heavy atom. The van der Waals surface area contributed by atoms with Crippen molar-refractivity contribution in [2.24, 2.45) is 0 Å². The van der Waals surface area contributed by atoms with E-state index >= 15 is 0 Å². The van der Waals surface area contributed by atoms with E-state index in [4.69, 9.17) is 10.2 Å². The first kappa shape index (κ1) is 16.3. The highest BCUT2D eigenvalue weighted by Gasteiger charge is 2.15. The Labute approximate surface area is 122 Å². The minimum Gasteiger partial charge on any atom is -0.419 e. The number of nitrogens with zero attached hydrogens (tertiary/aromatic N) is 1. The van der Waals surface area contributed by atoms with Crippen LogP contribution in [0.3, 0.4) is 0 Å². The molecule has 1 aliphatic rings. The molecule has 20 heavy (non-hydrogen) atoms. The molecule has 0 aliphatic carbocycles. The van der Waals surface area contributed by atoms with Gasteiger partial charge in [-0.05, 0) is 12.1 Å². The Balaban J connectivity index is 0.000001000. The Kier molecular flexibility index (Phi) is 5.38. The van der Waals surface area contributed by atoms with Gasteiger partial charge in [-0.15, -0.1) is 12.4 Å². The maximum absolute atomic E-state index is 11.5. The van der Waals surface area contributed by atoms with Crippen LogP contribution >= 0.6 is 12.4 Å². The number of hydrogen-bond acceptors (Lipinski definition) is 5. The maximum Gasteiger partial charge on any atom is 0.359 e. The largest absolute Gasteiger partial charge is 0.419 e. The zero-order valence-corrected chi connectivity index (χ0v) is 11.7. The monoisotopic (exact) mass is 299 g/mol. The fourth-order valence-electron chi connectivity index (χ4n) is 2.30. The third kappa shape index (κ3) is 2.87. The summed E-state index contributed by atoms with van der Waals surface area (Å²) in [7, 11) is 0. The zero-order chi connectivity index (χ0) is 12.5. The summed E-state index contributed by atoms with van der Waals surface area (Å²) in [6.45, 7) is 3.70. The van der Waals surface area contributed by atoms with E-state index in [0.717, 1.165) is 37.3 Å². The van der Waals surface area contributed by atoms with E-state index in [0.29, 0.717) is 5.58 Å². The molecule has 1 aliphatic heterocycles. The number of piperazine rings is 1. The number of hydrogen-bond donors (Lipinski definition) is 2. The second kappa shape index (κ2) is 6.60. The first-order chi connectivity index (χ1) is 8.75. The number of benzene rings is 1. The number of anilines is 2. The van der Waals surface area contributed by atoms with Crippen LogP contribution in [-0.4, -0.2) is 31.7 Å². The van der Waals surface area contributed by atoms with E-state index < -0.39 is 5.63 Å². The molecule has 0 saturated carbocycles. The van der Waals surface area contributed by atoms with Crippen molar-refractivity contribution in [1.82, 2.24) is 5.32 Å². The van der Waals surface area contributed by atoms with Crippen molar-refractivity contribution in [3.8, 4) is 0 Å². The van der Waals surface area contributed by atoms with Gasteiger partial charge in [0.05, 0.1) is 5.69 Å². The molecule has 0 spiro atoms. The van der Waals surface area contributed by atoms with Gasteiger partial charge in [0.25, 0.3) is 0 Å². The summed E-state index contributed by atoms with van der Waals surface area (Å²) in [4.78, 5) is 13.8. The van der Waals surface area contributed by atoms with Crippen LogP contribution in [0.2, 0.25) is 0 Å². The van der Waals surface area contributed by atoms with Crippen LogP contribution in [-0.2, 0) is 0 Å². The van der Waals surface area contributed by atoms with E-state index in [1.54, 1.807) is 6.07 Å². The van der Waals surface area contributed by atoms with Crippen molar-refractivity contribution in [3.05, 3.63) is 34.7 Å². The number of rotatable bonds is 1. The molecule has 0 atom stereocenters. The van der Waals surface area contributed by atoms with Gasteiger partial charge >= 0.3 is 5.63 Å². The highest BCUT2D eigenvalue weighted by atomic mass is 35.5. The number of halogens is 1. The lowest BCUT2D eigenvalue weighted by molar-refractivity contribution is 0.554. The van der Waals surface area contributed by atoms with Crippen molar-refractivity contribution in [2.75, 3.05) is 36.8 Å². The van der Waals surface area contributed by atoms with Crippen molar-refractivity contribution < 1.29 is 9.89 Å². The number of fused-ring (bicyclic) bond motifs is 1. The lowest BCUT2D eigenvalue weighted by Gasteiger charge is -2.29. The average Bonchev–Trinajstić information content (AvgIpc) is 2.40. The molecule has 3 rings (SSSR count). The molecule has 1 fully saturated rings. The lowest BCUT2D eigenvalue weighted by atomic mass is 10.1. The summed E-state index contributed by atoms with van der Waals surface area (Å²) in [6.07, 6.45) is 0. The third-order valence-corrected chi connectivity index (χ3v) is 3.22. The number of nitrogen functional groups attached to an aromatic ring is 1. The van der Waals surface area contributed by atoms with Crippen molar-refractivity contribution in [3.63, 3.8) is 0 Å². The number of nitrogens with one attached hydrogen (secondary N) is 1. The topological polar surface area (TPSA) is 103 Å². The Bertz CT molecular complexity index is 638. The molecular weight excluding hydrogens is 282 g/mol. The highest BCUT2D eigenvalue weighted by molar-refractivity contribution is 5.90. The molecule has 2 heterocycles. The Hall–Kier alpha value is -1.76. The van der Waals surface area contributed by atoms with Gasteiger partial charge in [-0.2, -0.15) is 0 Å². The molecule has 0 amide bonds. The average molecular weight is 300 g/mol. The fourth-order valence-corrected chi connectivity index (χ4v) is 2.30. The second-order valence-corrected chi connectivity index (χ2v) is 4.42. The van der Waals surface area contributed by atoms with Crippen LogP contribution < -0.4 is 21.6 Å². The summed E-state index contributed by atoms with van der Waals surface area (Å²) in [5, 5.41) is 4.16. The first-order valence-electron chi connectivity index (χ1n) is 6.04. The number of para-hydroxylation sites is 1. The quantitative estimate of drug-likeness (QED) is 0.741. The van der Waals surface area contributed by atoms with Crippen LogP contribution in [0.1, 0.15) is 0 Å². The molecule has 1 aromatic carbocycles. The van der Waals surface area contributed by atoms with Gasteiger partial charge in [-0.1, -0.05) is 12.1 Å². The molecule has 0 radical (unpaired) electrons. The van der Waals surface area contributed by atoms with Gasteiger partial charge in [0.2, 0.25) is 0 Å². The lowest BCUT2D eigenvalue weighted by Crippen LogP contribution is -2.43. The van der Waals surface area contributed by atoms with Crippen molar-refractivity contribution in [2.45, 2.75) is 0 Å². The highest BCUT2D eigenvalue weighted by Crippen LogP contribution is 2.26. The SMILES string of the molecule is Cl.Nc1cc2cccc(N3CCNCC3)c2oc1=O.O. The van der Waals surface area contributed by atoms with Crippen LogP contribution in [0.15, 0.2) is 33.5 Å². The molecular formula is C13H18ClN3O3. The molecule has 0 bridgehead atoms. The van der Waals surface area contributed by atoms with E-state index in [-0.39, 0.29) is 23.6 Å². The second-order valence-electron chi connectivity index (χ2n) is 4.42. The molecule has 110 valence electrons. The first-order valence-corrected chi connectivity index (χ1v) is 6.04. The summed E-state index contributed by atoms with van der Waals surface area (Å²) in [6, 6.07) is 7.51. The van der Waals surface area contributed by atoms with Crippen LogP contribution in [0.5, 0.6) is 0 Å². The predicted octanol–water partition coefficient (Wildman–Crippen LogP) is 0.382. The summed E-state index contributed by atoms with van der Waals surface area (Å²) >= 11 is 0. The van der Waals surface area contributed by atoms with Crippen molar-refractivity contribution >= 4 is 34.8 Å². The van der Waals surface area contributed by atoms with E-state index in [9.17, 15) is 4.79 Å². The van der Waals surface area contributed by atoms with Crippen LogP contribution in [0, 0.1) is 0 Å². The van der Waals surface area contributed by atoms with E-state index in [1.165, 1.54) is 0 Å². The molecule has 7 heteroatoms. The maximum atomic E-state index is 11.5. The van der Waals surface area contributed by atoms with Crippen LogP contribution in [0.4, 0.5) is 11.4 Å². The summed E-state index contributed by atoms with van der Waals surface area (Å²) < 4.78 is 5.33. The smallest absolute Gasteiger partial charge is 0.359 e. The van der Waals surface area contributed by atoms with E-state index in [2.05, 4.69) is 10.2 Å². The molecule has 2 aromatic rings. The van der Waals surface area contributed by atoms with Crippen molar-refractivity contribution in [1.29, 1.82) is 0 Å². The van der Waals surface area contributed by atoms with Gasteiger partial charge in [-0.3, -0.25) is 0 Å². The Morgan fingerprint density at radius 2 is 1.95 bits per heavy atom.